The fourth-order valence-corrected chi connectivity index (χ4v) is 5.54. The number of nitrogens with zero attached hydrogens (tertiary/aromatic N) is 3. The van der Waals surface area contributed by atoms with E-state index in [1.807, 2.05) is 0 Å². The quantitative estimate of drug-likeness (QED) is 0.109. The number of nitrogens with one attached hydrogen (secondary N) is 2. The Balaban J connectivity index is 1.39. The number of anilines is 3. The molecule has 0 bridgehead atoms. The number of piperidine rings is 1. The van der Waals surface area contributed by atoms with Gasteiger partial charge in [-0.1, -0.05) is 29.3 Å². The van der Waals surface area contributed by atoms with Crippen molar-refractivity contribution in [3.05, 3.63) is 94.4 Å². The first-order chi connectivity index (χ1) is 23.4. The largest absolute Gasteiger partial charge is 0.489 e. The molecule has 1 fully saturated rings. The SMILES string of the molecule is COCCOc1cc2ncc(C#N)c(Nc3ccc(OCc4cccc(F)c4)c(Cl)c3)c2cc1NC(=O)C=C1CCN(CCOC)CC1. The Hall–Kier alpha value is -4.73. The van der Waals surface area contributed by atoms with E-state index in [9.17, 15) is 14.4 Å². The number of nitriles is 1. The van der Waals surface area contributed by atoms with Crippen molar-refractivity contribution in [1.82, 2.24) is 9.88 Å². The van der Waals surface area contributed by atoms with Crippen molar-refractivity contribution in [3.8, 4) is 17.6 Å². The van der Waals surface area contributed by atoms with E-state index in [0.717, 1.165) is 38.0 Å². The predicted octanol–water partition coefficient (Wildman–Crippen LogP) is 6.85. The molecule has 0 radical (unpaired) electrons. The molecule has 3 aromatic carbocycles. The summed E-state index contributed by atoms with van der Waals surface area (Å²) in [7, 11) is 3.27. The fraction of sp³-hybridized carbons (Fsp3) is 0.306. The van der Waals surface area contributed by atoms with Gasteiger partial charge in [0.15, 0.2) is 0 Å². The number of hydrogen-bond donors (Lipinski definition) is 2. The summed E-state index contributed by atoms with van der Waals surface area (Å²) < 4.78 is 35.7. The number of amides is 1. The maximum absolute atomic E-state index is 13.6. The number of aromatic nitrogens is 1. The molecule has 0 spiro atoms. The van der Waals surface area contributed by atoms with Gasteiger partial charge in [-0.3, -0.25) is 9.78 Å². The van der Waals surface area contributed by atoms with Gasteiger partial charge in [-0.25, -0.2) is 4.39 Å². The third-order valence-corrected chi connectivity index (χ3v) is 8.12. The number of likely N-dealkylation sites (tertiary alicyclic amines) is 1. The van der Waals surface area contributed by atoms with E-state index in [1.165, 1.54) is 18.3 Å². The predicted molar refractivity (Wildman–Crippen MR) is 184 cm³/mol. The Morgan fingerprint density at radius 2 is 1.85 bits per heavy atom. The number of rotatable bonds is 14. The molecule has 2 heterocycles. The van der Waals surface area contributed by atoms with Crippen LogP contribution in [0.5, 0.6) is 11.5 Å². The number of methoxy groups -OCH3 is 2. The highest BCUT2D eigenvalue weighted by atomic mass is 35.5. The number of benzene rings is 3. The van der Waals surface area contributed by atoms with Gasteiger partial charge in [0.1, 0.15) is 36.6 Å². The summed E-state index contributed by atoms with van der Waals surface area (Å²) in [6.07, 6.45) is 4.72. The van der Waals surface area contributed by atoms with Crippen LogP contribution in [0.4, 0.5) is 21.5 Å². The molecule has 12 heteroatoms. The second-order valence-electron chi connectivity index (χ2n) is 11.2. The zero-order chi connectivity index (χ0) is 33.9. The van der Waals surface area contributed by atoms with E-state index >= 15 is 0 Å². The van der Waals surface area contributed by atoms with Crippen LogP contribution < -0.4 is 20.1 Å². The summed E-state index contributed by atoms with van der Waals surface area (Å²) in [5.74, 6) is 0.226. The molecule has 0 saturated carbocycles. The number of pyridine rings is 1. The van der Waals surface area contributed by atoms with Crippen molar-refractivity contribution in [2.24, 2.45) is 0 Å². The second-order valence-corrected chi connectivity index (χ2v) is 11.6. The van der Waals surface area contributed by atoms with Gasteiger partial charge in [0.2, 0.25) is 5.91 Å². The molecule has 1 aliphatic rings. The molecule has 5 rings (SSSR count). The number of carbonyl (C=O) groups is 1. The van der Waals surface area contributed by atoms with Crippen LogP contribution in [-0.4, -0.2) is 69.5 Å². The average molecular weight is 674 g/mol. The van der Waals surface area contributed by atoms with Crippen LogP contribution in [-0.2, 0) is 20.9 Å². The third-order valence-electron chi connectivity index (χ3n) is 7.82. The Morgan fingerprint density at radius 1 is 1.04 bits per heavy atom. The lowest BCUT2D eigenvalue weighted by atomic mass is 10.0. The van der Waals surface area contributed by atoms with Gasteiger partial charge in [0, 0.05) is 63.3 Å². The van der Waals surface area contributed by atoms with Crippen molar-refractivity contribution >= 4 is 45.5 Å². The minimum atomic E-state index is -0.345. The van der Waals surface area contributed by atoms with Crippen LogP contribution in [0.1, 0.15) is 24.0 Å². The van der Waals surface area contributed by atoms with Crippen molar-refractivity contribution in [1.29, 1.82) is 5.26 Å². The number of halogens is 2. The van der Waals surface area contributed by atoms with Gasteiger partial charge in [-0.2, -0.15) is 5.26 Å². The molecule has 4 aromatic rings. The van der Waals surface area contributed by atoms with Crippen LogP contribution in [0.15, 0.2) is 72.4 Å². The zero-order valence-electron chi connectivity index (χ0n) is 26.9. The number of carbonyl (C=O) groups excluding carboxylic acids is 1. The summed E-state index contributed by atoms with van der Waals surface area (Å²) in [4.78, 5) is 20.1. The van der Waals surface area contributed by atoms with Crippen LogP contribution >= 0.6 is 11.6 Å². The van der Waals surface area contributed by atoms with Crippen molar-refractivity contribution in [2.75, 3.05) is 64.3 Å². The van der Waals surface area contributed by atoms with Gasteiger partial charge in [-0.05, 0) is 54.8 Å². The summed E-state index contributed by atoms with van der Waals surface area (Å²) >= 11 is 6.55. The maximum atomic E-state index is 13.6. The fourth-order valence-electron chi connectivity index (χ4n) is 5.30. The standard InChI is InChI=1S/C36H37ClFN5O5/c1-45-13-12-43-10-8-24(9-11-43)17-35(44)42-32-19-29-31(20-34(32)47-15-14-46-2)40-22-26(21-39)36(29)41-28-6-7-33(30(37)18-28)48-23-25-4-3-5-27(38)16-25/h3-7,16-20,22H,8-15,23H2,1-2H3,(H,40,41)(H,42,44). The van der Waals surface area contributed by atoms with Gasteiger partial charge in [0.25, 0.3) is 0 Å². The summed E-state index contributed by atoms with van der Waals surface area (Å²) in [5.41, 5.74) is 4.07. The summed E-state index contributed by atoms with van der Waals surface area (Å²) in [6.45, 7) is 4.03. The van der Waals surface area contributed by atoms with E-state index in [2.05, 4.69) is 26.6 Å². The molecular formula is C36H37ClFN5O5. The Bertz CT molecular complexity index is 1820. The zero-order valence-corrected chi connectivity index (χ0v) is 27.6. The Kier molecular flexibility index (Phi) is 12.2. The molecule has 1 aromatic heterocycles. The second kappa shape index (κ2) is 16.9. The lowest BCUT2D eigenvalue weighted by Gasteiger charge is -2.27. The van der Waals surface area contributed by atoms with Crippen molar-refractivity contribution in [2.45, 2.75) is 19.4 Å². The molecule has 10 nitrogen and oxygen atoms in total. The Labute approximate surface area is 284 Å². The number of ether oxygens (including phenoxy) is 4. The summed E-state index contributed by atoms with van der Waals surface area (Å²) in [6, 6.07) is 17.0. The minimum absolute atomic E-state index is 0.143. The molecule has 0 atom stereocenters. The summed E-state index contributed by atoms with van der Waals surface area (Å²) in [5, 5.41) is 17.2. The third kappa shape index (κ3) is 9.20. The molecule has 0 unspecified atom stereocenters. The molecule has 1 amide bonds. The average Bonchev–Trinajstić information content (AvgIpc) is 3.08. The van der Waals surface area contributed by atoms with Crippen LogP contribution in [0.2, 0.25) is 5.02 Å². The lowest BCUT2D eigenvalue weighted by molar-refractivity contribution is -0.112. The first kappa shape index (κ1) is 34.6. The molecule has 1 aliphatic heterocycles. The highest BCUT2D eigenvalue weighted by Crippen LogP contribution is 2.37. The van der Waals surface area contributed by atoms with Gasteiger partial charge in [-0.15, -0.1) is 0 Å². The maximum Gasteiger partial charge on any atom is 0.248 e. The van der Waals surface area contributed by atoms with Crippen molar-refractivity contribution < 1.29 is 28.1 Å². The first-order valence-electron chi connectivity index (χ1n) is 15.5. The van der Waals surface area contributed by atoms with Gasteiger partial charge >= 0.3 is 0 Å². The first-order valence-corrected chi connectivity index (χ1v) is 15.9. The van der Waals surface area contributed by atoms with Crippen molar-refractivity contribution in [3.63, 3.8) is 0 Å². The van der Waals surface area contributed by atoms with Gasteiger partial charge in [0.05, 0.1) is 40.7 Å². The smallest absolute Gasteiger partial charge is 0.248 e. The molecule has 2 N–H and O–H groups in total. The van der Waals surface area contributed by atoms with E-state index in [4.69, 9.17) is 30.5 Å². The molecule has 1 saturated heterocycles. The normalized spacial score (nSPS) is 13.2. The lowest BCUT2D eigenvalue weighted by Crippen LogP contribution is -2.33. The molecule has 48 heavy (non-hydrogen) atoms. The van der Waals surface area contributed by atoms with Gasteiger partial charge < -0.3 is 34.5 Å². The van der Waals surface area contributed by atoms with E-state index < -0.39 is 0 Å². The van der Waals surface area contributed by atoms with Crippen LogP contribution in [0.3, 0.4) is 0 Å². The molecule has 250 valence electrons. The highest BCUT2D eigenvalue weighted by Gasteiger charge is 2.18. The molecular weight excluding hydrogens is 637 g/mol. The van der Waals surface area contributed by atoms with E-state index in [-0.39, 0.29) is 30.5 Å². The number of hydrogen-bond acceptors (Lipinski definition) is 9. The molecule has 0 aliphatic carbocycles. The minimum Gasteiger partial charge on any atom is -0.489 e. The number of fused-ring (bicyclic) bond motifs is 1. The topological polar surface area (TPSA) is 118 Å². The van der Waals surface area contributed by atoms with E-state index in [1.54, 1.807) is 62.8 Å². The monoisotopic (exact) mass is 673 g/mol. The van der Waals surface area contributed by atoms with Crippen LogP contribution in [0.25, 0.3) is 10.9 Å². The highest BCUT2D eigenvalue weighted by molar-refractivity contribution is 6.32. The van der Waals surface area contributed by atoms with E-state index in [0.29, 0.717) is 63.3 Å². The van der Waals surface area contributed by atoms with Crippen LogP contribution in [0, 0.1) is 17.1 Å². The Morgan fingerprint density at radius 3 is 2.58 bits per heavy atom.